The number of fused-ring (bicyclic) bond motifs is 1. The molecule has 0 saturated carbocycles. The lowest BCUT2D eigenvalue weighted by Crippen LogP contribution is -2.35. The fourth-order valence-corrected chi connectivity index (χ4v) is 3.55. The van der Waals surface area contributed by atoms with Gasteiger partial charge in [0.15, 0.2) is 5.78 Å². The van der Waals surface area contributed by atoms with Gasteiger partial charge in [-0.25, -0.2) is 14.0 Å². The highest BCUT2D eigenvalue weighted by Gasteiger charge is 2.26. The fraction of sp³-hybridized carbons (Fsp3) is 0.269. The summed E-state index contributed by atoms with van der Waals surface area (Å²) in [6, 6.07) is 16.6. The monoisotopic (exact) mass is 458 g/mol. The molecule has 0 unspecified atom stereocenters. The van der Waals surface area contributed by atoms with Gasteiger partial charge in [-0.2, -0.15) is 10.2 Å². The fourth-order valence-electron chi connectivity index (χ4n) is 3.55. The Hall–Kier alpha value is -4.07. The van der Waals surface area contributed by atoms with Gasteiger partial charge in [-0.05, 0) is 25.1 Å². The minimum atomic E-state index is -0.758. The van der Waals surface area contributed by atoms with Gasteiger partial charge < -0.3 is 4.74 Å². The predicted molar refractivity (Wildman–Crippen MR) is 129 cm³/mol. The number of nitrogens with zero attached hydrogens (tertiary/aromatic N) is 4. The molecule has 0 fully saturated rings. The van der Waals surface area contributed by atoms with Crippen LogP contribution < -0.4 is 5.56 Å². The SMILES string of the molecule is CCOC(=O)c1cc(-c2c(-c3ccccc3)nn3ccccc23)nn(CC(=O)C(C)(C)C)c1=O. The minimum Gasteiger partial charge on any atom is -0.462 e. The zero-order valence-corrected chi connectivity index (χ0v) is 19.6. The third-order valence-electron chi connectivity index (χ3n) is 5.44. The maximum Gasteiger partial charge on any atom is 0.343 e. The van der Waals surface area contributed by atoms with Crippen LogP contribution in [0.3, 0.4) is 0 Å². The number of rotatable bonds is 6. The van der Waals surface area contributed by atoms with E-state index in [1.165, 1.54) is 6.07 Å². The average molecular weight is 459 g/mol. The molecule has 0 radical (unpaired) electrons. The van der Waals surface area contributed by atoms with E-state index in [-0.39, 0.29) is 24.5 Å². The molecule has 4 rings (SSSR count). The van der Waals surface area contributed by atoms with Crippen molar-refractivity contribution >= 4 is 17.3 Å². The van der Waals surface area contributed by atoms with Crippen molar-refractivity contribution in [2.24, 2.45) is 5.41 Å². The van der Waals surface area contributed by atoms with Crippen molar-refractivity contribution in [3.63, 3.8) is 0 Å². The highest BCUT2D eigenvalue weighted by Crippen LogP contribution is 2.34. The second-order valence-corrected chi connectivity index (χ2v) is 8.92. The number of hydrogen-bond donors (Lipinski definition) is 0. The van der Waals surface area contributed by atoms with E-state index in [0.717, 1.165) is 15.8 Å². The van der Waals surface area contributed by atoms with Crippen molar-refractivity contribution in [1.82, 2.24) is 19.4 Å². The largest absolute Gasteiger partial charge is 0.462 e. The summed E-state index contributed by atoms with van der Waals surface area (Å²) >= 11 is 0. The normalized spacial score (nSPS) is 11.5. The molecule has 34 heavy (non-hydrogen) atoms. The molecule has 0 bridgehead atoms. The van der Waals surface area contributed by atoms with E-state index in [2.05, 4.69) is 5.10 Å². The Morgan fingerprint density at radius 1 is 1.00 bits per heavy atom. The molecule has 0 aliphatic heterocycles. The van der Waals surface area contributed by atoms with Gasteiger partial charge >= 0.3 is 5.97 Å². The molecule has 3 heterocycles. The molecule has 0 saturated heterocycles. The number of ketones is 1. The van der Waals surface area contributed by atoms with Gasteiger partial charge in [-0.1, -0.05) is 57.2 Å². The molecule has 4 aromatic rings. The molecule has 0 spiro atoms. The summed E-state index contributed by atoms with van der Waals surface area (Å²) in [4.78, 5) is 38.5. The summed E-state index contributed by atoms with van der Waals surface area (Å²) in [6.45, 7) is 6.84. The first-order chi connectivity index (χ1) is 16.2. The first kappa shape index (κ1) is 23.1. The lowest BCUT2D eigenvalue weighted by Gasteiger charge is -2.17. The molecule has 1 aromatic carbocycles. The van der Waals surface area contributed by atoms with Gasteiger partial charge in [-0.15, -0.1) is 0 Å². The number of benzene rings is 1. The highest BCUT2D eigenvalue weighted by atomic mass is 16.5. The van der Waals surface area contributed by atoms with Crippen LogP contribution in [-0.4, -0.2) is 37.8 Å². The van der Waals surface area contributed by atoms with Crippen molar-refractivity contribution in [1.29, 1.82) is 0 Å². The first-order valence-corrected chi connectivity index (χ1v) is 11.1. The summed E-state index contributed by atoms with van der Waals surface area (Å²) < 4.78 is 7.90. The minimum absolute atomic E-state index is 0.114. The van der Waals surface area contributed by atoms with Gasteiger partial charge in [0.1, 0.15) is 17.8 Å². The molecule has 0 aliphatic rings. The summed E-state index contributed by atoms with van der Waals surface area (Å²) in [5.74, 6) is -0.942. The van der Waals surface area contributed by atoms with Gasteiger partial charge in [-0.3, -0.25) is 9.59 Å². The van der Waals surface area contributed by atoms with Crippen LogP contribution in [0.15, 0.2) is 65.6 Å². The number of carbonyl (C=O) groups excluding carboxylic acids is 2. The van der Waals surface area contributed by atoms with Crippen LogP contribution in [0.1, 0.15) is 38.1 Å². The topological polar surface area (TPSA) is 95.6 Å². The molecule has 0 N–H and O–H groups in total. The van der Waals surface area contributed by atoms with E-state index in [1.807, 2.05) is 54.7 Å². The zero-order valence-electron chi connectivity index (χ0n) is 19.6. The van der Waals surface area contributed by atoms with Crippen LogP contribution in [0, 0.1) is 5.41 Å². The smallest absolute Gasteiger partial charge is 0.343 e. The van der Waals surface area contributed by atoms with Crippen molar-refractivity contribution in [3.05, 3.63) is 76.7 Å². The highest BCUT2D eigenvalue weighted by molar-refractivity contribution is 5.94. The van der Waals surface area contributed by atoms with Gasteiger partial charge in [0.2, 0.25) is 0 Å². The second-order valence-electron chi connectivity index (χ2n) is 8.92. The van der Waals surface area contributed by atoms with E-state index in [4.69, 9.17) is 9.84 Å². The molecule has 174 valence electrons. The van der Waals surface area contributed by atoms with E-state index >= 15 is 0 Å². The van der Waals surface area contributed by atoms with Crippen LogP contribution >= 0.6 is 0 Å². The van der Waals surface area contributed by atoms with Crippen molar-refractivity contribution < 1.29 is 14.3 Å². The first-order valence-electron chi connectivity index (χ1n) is 11.1. The van der Waals surface area contributed by atoms with Crippen LogP contribution in [0.25, 0.3) is 28.0 Å². The van der Waals surface area contributed by atoms with Crippen molar-refractivity contribution in [3.8, 4) is 22.5 Å². The van der Waals surface area contributed by atoms with E-state index in [9.17, 15) is 14.4 Å². The van der Waals surface area contributed by atoms with Gasteiger partial charge in [0.25, 0.3) is 5.56 Å². The summed E-state index contributed by atoms with van der Waals surface area (Å²) in [7, 11) is 0. The number of hydrogen-bond acceptors (Lipinski definition) is 6. The Balaban J connectivity index is 2.00. The Labute approximate surface area is 196 Å². The van der Waals surface area contributed by atoms with Crippen LogP contribution in [0.2, 0.25) is 0 Å². The van der Waals surface area contributed by atoms with E-state index in [1.54, 1.807) is 32.2 Å². The molecule has 0 amide bonds. The van der Waals surface area contributed by atoms with Crippen molar-refractivity contribution in [2.45, 2.75) is 34.2 Å². The summed E-state index contributed by atoms with van der Waals surface area (Å²) in [5.41, 5.74) is 1.71. The Morgan fingerprint density at radius 2 is 1.71 bits per heavy atom. The molecule has 8 nitrogen and oxygen atoms in total. The molecular weight excluding hydrogens is 432 g/mol. The number of Topliss-reactive ketones (excluding diaryl/α,β-unsaturated/α-hetero) is 1. The number of pyridine rings is 1. The number of aromatic nitrogens is 4. The maximum atomic E-state index is 13.1. The van der Waals surface area contributed by atoms with E-state index < -0.39 is 16.9 Å². The molecule has 0 atom stereocenters. The van der Waals surface area contributed by atoms with Crippen LogP contribution in [-0.2, 0) is 16.1 Å². The number of carbonyl (C=O) groups is 2. The Kier molecular flexibility index (Phi) is 6.15. The van der Waals surface area contributed by atoms with Gasteiger partial charge in [0.05, 0.1) is 23.4 Å². The lowest BCUT2D eigenvalue weighted by atomic mass is 9.91. The van der Waals surface area contributed by atoms with E-state index in [0.29, 0.717) is 17.0 Å². The van der Waals surface area contributed by atoms with Crippen molar-refractivity contribution in [2.75, 3.05) is 6.61 Å². The third kappa shape index (κ3) is 4.39. The average Bonchev–Trinajstić information content (AvgIpc) is 3.20. The second kappa shape index (κ2) is 9.05. The molecular formula is C26H26N4O4. The zero-order chi connectivity index (χ0) is 24.5. The predicted octanol–water partition coefficient (Wildman–Crippen LogP) is 4.02. The Morgan fingerprint density at radius 3 is 2.38 bits per heavy atom. The lowest BCUT2D eigenvalue weighted by molar-refractivity contribution is -0.127. The third-order valence-corrected chi connectivity index (χ3v) is 5.44. The Bertz CT molecular complexity index is 1430. The standard InChI is InChI=1S/C26H26N4O4/c1-5-34-25(33)18-15-19(27-30(24(18)32)16-21(31)26(2,3)4)22-20-13-9-10-14-29(20)28-23(22)17-11-7-6-8-12-17/h6-15H,5,16H2,1-4H3. The van der Waals surface area contributed by atoms with Crippen LogP contribution in [0.4, 0.5) is 0 Å². The quantitative estimate of drug-likeness (QED) is 0.405. The number of esters is 1. The van der Waals surface area contributed by atoms with Crippen LogP contribution in [0.5, 0.6) is 0 Å². The van der Waals surface area contributed by atoms with Gasteiger partial charge in [0, 0.05) is 17.2 Å². The maximum absolute atomic E-state index is 13.1. The molecule has 0 aliphatic carbocycles. The number of ether oxygens (including phenoxy) is 1. The molecule has 8 heteroatoms. The summed E-state index contributed by atoms with van der Waals surface area (Å²) in [6.07, 6.45) is 1.82. The molecule has 3 aromatic heterocycles. The summed E-state index contributed by atoms with van der Waals surface area (Å²) in [5, 5.41) is 9.26.